The summed E-state index contributed by atoms with van der Waals surface area (Å²) in [5.74, 6) is 1.18. The first-order valence-corrected chi connectivity index (χ1v) is 10.2. The molecule has 0 amide bonds. The number of hydrogen-bond acceptors (Lipinski definition) is 8. The lowest BCUT2D eigenvalue weighted by molar-refractivity contribution is -0.00600. The smallest absolute Gasteiger partial charge is 0.320 e. The van der Waals surface area contributed by atoms with Crippen LogP contribution in [0.5, 0.6) is 6.01 Å². The molecule has 0 unspecified atom stereocenters. The van der Waals surface area contributed by atoms with Crippen molar-refractivity contribution in [2.24, 2.45) is 0 Å². The Morgan fingerprint density at radius 3 is 2.88 bits per heavy atom. The van der Waals surface area contributed by atoms with Crippen molar-refractivity contribution in [2.45, 2.75) is 69.3 Å². The largest absolute Gasteiger partial charge is 0.460 e. The molecule has 3 N–H and O–H groups in total. The molecule has 2 aromatic heterocycles. The molecular weight excluding hydrogens is 354 g/mol. The highest BCUT2D eigenvalue weighted by atomic mass is 32.2. The average Bonchev–Trinajstić information content (AvgIpc) is 3.32. The van der Waals surface area contributed by atoms with E-state index in [1.165, 1.54) is 12.8 Å². The molecule has 2 fully saturated rings. The van der Waals surface area contributed by atoms with E-state index in [2.05, 4.69) is 21.9 Å². The maximum Gasteiger partial charge on any atom is 0.320 e. The maximum atomic E-state index is 10.5. The quantitative estimate of drug-likeness (QED) is 0.813. The summed E-state index contributed by atoms with van der Waals surface area (Å²) in [5.41, 5.74) is 7.20. The zero-order chi connectivity index (χ0) is 18.3. The maximum absolute atomic E-state index is 10.5. The number of aromatic nitrogens is 4. The number of nitrogens with zero attached hydrogens (tertiary/aromatic N) is 4. The third-order valence-corrected chi connectivity index (χ3v) is 6.32. The Morgan fingerprint density at radius 2 is 2.15 bits per heavy atom. The van der Waals surface area contributed by atoms with Crippen LogP contribution in [0.2, 0.25) is 0 Å². The third kappa shape index (κ3) is 3.12. The fourth-order valence-corrected chi connectivity index (χ4v) is 4.89. The topological polar surface area (TPSA) is 108 Å². The van der Waals surface area contributed by atoms with Gasteiger partial charge in [0.25, 0.3) is 0 Å². The molecule has 1 saturated carbocycles. The minimum Gasteiger partial charge on any atom is -0.460 e. The van der Waals surface area contributed by atoms with Gasteiger partial charge in [0, 0.05) is 0 Å². The van der Waals surface area contributed by atoms with Crippen LogP contribution in [0.1, 0.15) is 45.8 Å². The van der Waals surface area contributed by atoms with Crippen molar-refractivity contribution in [3.63, 3.8) is 0 Å². The number of aliphatic hydroxyl groups excluding tert-OH is 1. The molecule has 2 aliphatic rings. The molecule has 0 aromatic carbocycles. The van der Waals surface area contributed by atoms with Gasteiger partial charge in [0.15, 0.2) is 23.2 Å². The summed E-state index contributed by atoms with van der Waals surface area (Å²) in [5, 5.41) is 10.4. The molecule has 1 aliphatic heterocycles. The Labute approximate surface area is 156 Å². The normalized spacial score (nSPS) is 29.7. The predicted octanol–water partition coefficient (Wildman–Crippen LogP) is 2.13. The number of thioether (sulfide) groups is 1. The summed E-state index contributed by atoms with van der Waals surface area (Å²) in [6.45, 7) is 3.95. The van der Waals surface area contributed by atoms with E-state index in [1.807, 2.05) is 11.5 Å². The number of anilines is 1. The average molecular weight is 379 g/mol. The fraction of sp³-hybridized carbons (Fsp3) is 0.706. The Hall–Kier alpha value is -1.58. The van der Waals surface area contributed by atoms with Gasteiger partial charge in [-0.05, 0) is 38.4 Å². The van der Waals surface area contributed by atoms with Crippen molar-refractivity contribution in [3.05, 3.63) is 6.33 Å². The highest BCUT2D eigenvalue weighted by Gasteiger charge is 2.43. The van der Waals surface area contributed by atoms with E-state index in [0.717, 1.165) is 18.6 Å². The lowest BCUT2D eigenvalue weighted by atomic mass is 10.2. The van der Waals surface area contributed by atoms with Crippen molar-refractivity contribution >= 4 is 28.7 Å². The van der Waals surface area contributed by atoms with Crippen LogP contribution in [0.3, 0.4) is 0 Å². The number of fused-ring (bicyclic) bond motifs is 1. The number of nitrogen functional groups attached to an aromatic ring is 1. The second-order valence-corrected chi connectivity index (χ2v) is 8.34. The molecule has 1 aliphatic carbocycles. The van der Waals surface area contributed by atoms with E-state index in [1.54, 1.807) is 18.1 Å². The molecule has 3 heterocycles. The Bertz CT molecular complexity index is 779. The Balaban J connectivity index is 1.69. The summed E-state index contributed by atoms with van der Waals surface area (Å²) in [6, 6.07) is 0.287. The van der Waals surface area contributed by atoms with Gasteiger partial charge in [-0.3, -0.25) is 4.57 Å². The molecule has 26 heavy (non-hydrogen) atoms. The molecule has 0 bridgehead atoms. The molecule has 4 atom stereocenters. The molecule has 1 saturated heterocycles. The second-order valence-electron chi connectivity index (χ2n) is 6.88. The van der Waals surface area contributed by atoms with Crippen LogP contribution in [0.15, 0.2) is 6.33 Å². The first-order valence-electron chi connectivity index (χ1n) is 9.20. The summed E-state index contributed by atoms with van der Waals surface area (Å²) in [7, 11) is 0. The van der Waals surface area contributed by atoms with Gasteiger partial charge in [-0.1, -0.05) is 6.92 Å². The van der Waals surface area contributed by atoms with Crippen molar-refractivity contribution < 1.29 is 14.6 Å². The van der Waals surface area contributed by atoms with Crippen LogP contribution in [0, 0.1) is 0 Å². The summed E-state index contributed by atoms with van der Waals surface area (Å²) in [6.07, 6.45) is 5.03. The van der Waals surface area contributed by atoms with E-state index in [4.69, 9.17) is 15.2 Å². The van der Waals surface area contributed by atoms with E-state index < -0.39 is 6.10 Å². The van der Waals surface area contributed by atoms with Gasteiger partial charge in [0.1, 0.15) is 6.10 Å². The molecule has 8 nitrogen and oxygen atoms in total. The monoisotopic (exact) mass is 379 g/mol. The Morgan fingerprint density at radius 1 is 1.38 bits per heavy atom. The number of aliphatic hydroxyl groups is 1. The molecule has 0 spiro atoms. The fourth-order valence-electron chi connectivity index (χ4n) is 3.72. The second kappa shape index (κ2) is 7.21. The minimum atomic E-state index is -0.546. The van der Waals surface area contributed by atoms with Gasteiger partial charge in [0.05, 0.1) is 23.8 Å². The molecule has 0 radical (unpaired) electrons. The third-order valence-electron chi connectivity index (χ3n) is 5.09. The van der Waals surface area contributed by atoms with Gasteiger partial charge in [-0.25, -0.2) is 4.98 Å². The molecular formula is C17H25N5O3S. The predicted molar refractivity (Wildman–Crippen MR) is 100 cm³/mol. The SMILES string of the molecule is CCS[C@@H]1[C@H](O)[C@@H](C)O[C@H]1n1cnc2c(N)nc(OC3CCCC3)nc21. The highest BCUT2D eigenvalue weighted by molar-refractivity contribution is 7.99. The number of nitrogens with two attached hydrogens (primary N) is 1. The lowest BCUT2D eigenvalue weighted by Crippen LogP contribution is -2.28. The zero-order valence-corrected chi connectivity index (χ0v) is 15.9. The van der Waals surface area contributed by atoms with Crippen LogP contribution in [0.4, 0.5) is 5.82 Å². The standard InChI is InChI=1S/C17H25N5O3S/c1-3-26-13-12(23)9(2)24-16(13)22-8-19-11-14(18)20-17(21-15(11)22)25-10-6-4-5-7-10/h8-10,12-13,16,23H,3-7H2,1-2H3,(H2,18,20,21)/t9-,12-,13-,16-/m1/s1. The molecule has 142 valence electrons. The number of imidazole rings is 1. The van der Waals surface area contributed by atoms with Crippen LogP contribution in [0.25, 0.3) is 11.2 Å². The van der Waals surface area contributed by atoms with Crippen molar-refractivity contribution in [1.82, 2.24) is 19.5 Å². The van der Waals surface area contributed by atoms with Crippen LogP contribution < -0.4 is 10.5 Å². The van der Waals surface area contributed by atoms with Gasteiger partial charge >= 0.3 is 6.01 Å². The van der Waals surface area contributed by atoms with Gasteiger partial charge in [-0.2, -0.15) is 21.7 Å². The molecule has 2 aromatic rings. The van der Waals surface area contributed by atoms with Gasteiger partial charge in [0.2, 0.25) is 0 Å². The number of ether oxygens (including phenoxy) is 2. The van der Waals surface area contributed by atoms with E-state index in [0.29, 0.717) is 17.0 Å². The number of rotatable bonds is 5. The van der Waals surface area contributed by atoms with Gasteiger partial charge in [-0.15, -0.1) is 0 Å². The van der Waals surface area contributed by atoms with Crippen molar-refractivity contribution in [2.75, 3.05) is 11.5 Å². The first kappa shape index (κ1) is 17.8. The molecule has 9 heteroatoms. The lowest BCUT2D eigenvalue weighted by Gasteiger charge is -2.20. The van der Waals surface area contributed by atoms with E-state index in [-0.39, 0.29) is 29.7 Å². The van der Waals surface area contributed by atoms with Crippen LogP contribution >= 0.6 is 11.8 Å². The van der Waals surface area contributed by atoms with Crippen LogP contribution in [-0.2, 0) is 4.74 Å². The summed E-state index contributed by atoms with van der Waals surface area (Å²) >= 11 is 1.67. The zero-order valence-electron chi connectivity index (χ0n) is 15.0. The van der Waals surface area contributed by atoms with Gasteiger partial charge < -0.3 is 20.3 Å². The number of hydrogen-bond donors (Lipinski definition) is 2. The Kier molecular flexibility index (Phi) is 4.94. The van der Waals surface area contributed by atoms with E-state index >= 15 is 0 Å². The molecule has 4 rings (SSSR count). The minimum absolute atomic E-state index is 0.0946. The summed E-state index contributed by atoms with van der Waals surface area (Å²) < 4.78 is 13.8. The van der Waals surface area contributed by atoms with E-state index in [9.17, 15) is 5.11 Å². The highest BCUT2D eigenvalue weighted by Crippen LogP contribution is 2.39. The summed E-state index contributed by atoms with van der Waals surface area (Å²) in [4.78, 5) is 13.2. The van der Waals surface area contributed by atoms with Crippen LogP contribution in [-0.4, -0.2) is 53.9 Å². The van der Waals surface area contributed by atoms with Crippen molar-refractivity contribution in [3.8, 4) is 6.01 Å². The van der Waals surface area contributed by atoms with Crippen molar-refractivity contribution in [1.29, 1.82) is 0 Å². The first-order chi connectivity index (χ1) is 12.6.